The van der Waals surface area contributed by atoms with Crippen LogP contribution in [0, 0.1) is 11.3 Å². The number of pyridine rings is 1. The van der Waals surface area contributed by atoms with E-state index in [2.05, 4.69) is 49.1 Å². The Balaban J connectivity index is 1.40. The first-order valence-corrected chi connectivity index (χ1v) is 11.9. The van der Waals surface area contributed by atoms with Crippen molar-refractivity contribution in [3.8, 4) is 17.5 Å². The summed E-state index contributed by atoms with van der Waals surface area (Å²) in [4.78, 5) is 13.1. The molecule has 0 amide bonds. The molecule has 0 saturated carbocycles. The van der Waals surface area contributed by atoms with Crippen LogP contribution in [0.5, 0.6) is 0 Å². The van der Waals surface area contributed by atoms with Crippen LogP contribution in [-0.2, 0) is 0 Å². The van der Waals surface area contributed by atoms with Gasteiger partial charge in [-0.15, -0.1) is 0 Å². The Morgan fingerprint density at radius 3 is 2.75 bits per heavy atom. The topological polar surface area (TPSA) is 103 Å². The maximum atomic E-state index is 13.4. The van der Waals surface area contributed by atoms with Gasteiger partial charge in [0.1, 0.15) is 17.4 Å². The first-order chi connectivity index (χ1) is 17.5. The number of rotatable bonds is 7. The molecule has 0 unspecified atom stereocenters. The number of fused-ring (bicyclic) bond motifs is 1. The molecule has 1 aliphatic heterocycles. The van der Waals surface area contributed by atoms with Crippen LogP contribution in [-0.4, -0.2) is 38.5 Å². The van der Waals surface area contributed by atoms with E-state index in [9.17, 15) is 14.0 Å². The Morgan fingerprint density at radius 1 is 1.14 bits per heavy atom. The van der Waals surface area contributed by atoms with E-state index in [1.165, 1.54) is 28.9 Å². The van der Waals surface area contributed by atoms with E-state index >= 15 is 0 Å². The summed E-state index contributed by atoms with van der Waals surface area (Å²) in [7, 11) is 0. The maximum Gasteiger partial charge on any atom is 0.267 e. The van der Waals surface area contributed by atoms with Crippen molar-refractivity contribution in [1.82, 2.24) is 24.7 Å². The normalized spacial score (nSPS) is 15.1. The molecular formula is C26H26F2N8. The molecule has 4 heterocycles. The first kappa shape index (κ1) is 23.6. The van der Waals surface area contributed by atoms with Crippen molar-refractivity contribution < 1.29 is 8.78 Å². The minimum absolute atomic E-state index is 0.117. The fraction of sp³-hybridized carbons (Fsp3) is 0.308. The summed E-state index contributed by atoms with van der Waals surface area (Å²) >= 11 is 0. The zero-order chi connectivity index (χ0) is 25.1. The lowest BCUT2D eigenvalue weighted by Gasteiger charge is -2.25. The minimum Gasteiger partial charge on any atom is -0.382 e. The predicted molar refractivity (Wildman–Crippen MR) is 134 cm³/mol. The van der Waals surface area contributed by atoms with Gasteiger partial charge in [0.2, 0.25) is 5.95 Å². The molecule has 3 N–H and O–H groups in total. The monoisotopic (exact) mass is 488 g/mol. The molecule has 5 rings (SSSR count). The van der Waals surface area contributed by atoms with E-state index in [0.29, 0.717) is 23.4 Å². The van der Waals surface area contributed by atoms with Gasteiger partial charge in [0.05, 0.1) is 35.3 Å². The summed E-state index contributed by atoms with van der Waals surface area (Å²) in [6, 6.07) is 13.5. The number of aromatic nitrogens is 4. The van der Waals surface area contributed by atoms with Crippen molar-refractivity contribution in [2.45, 2.75) is 38.3 Å². The van der Waals surface area contributed by atoms with Gasteiger partial charge in [-0.2, -0.15) is 5.26 Å². The smallest absolute Gasteiger partial charge is 0.267 e. The molecule has 10 heteroatoms. The van der Waals surface area contributed by atoms with Crippen LogP contribution in [0.25, 0.3) is 17.0 Å². The number of nitrogens with zero attached hydrogens (tertiary/aromatic N) is 5. The van der Waals surface area contributed by atoms with Crippen LogP contribution in [0.4, 0.5) is 20.4 Å². The molecule has 0 bridgehead atoms. The zero-order valence-electron chi connectivity index (χ0n) is 19.7. The lowest BCUT2D eigenvalue weighted by atomic mass is 10.0. The number of nitriles is 1. The number of anilines is 2. The van der Waals surface area contributed by atoms with Gasteiger partial charge in [0.25, 0.3) is 6.43 Å². The molecule has 1 aromatic carbocycles. The van der Waals surface area contributed by atoms with Gasteiger partial charge in [-0.3, -0.25) is 4.40 Å². The SMILES string of the molecule is C[C@H](Nc1ncc(C#N)c(-c2cnc3c(C(F)F)cccn23)n1)c1cccc(NC2CCNCC2)c1. The summed E-state index contributed by atoms with van der Waals surface area (Å²) in [6.07, 6.45) is 4.02. The highest BCUT2D eigenvalue weighted by Crippen LogP contribution is 2.29. The molecule has 0 spiro atoms. The molecular weight excluding hydrogens is 462 g/mol. The van der Waals surface area contributed by atoms with Crippen molar-refractivity contribution >= 4 is 17.3 Å². The van der Waals surface area contributed by atoms with Gasteiger partial charge < -0.3 is 16.0 Å². The molecule has 8 nitrogen and oxygen atoms in total. The Morgan fingerprint density at radius 2 is 1.97 bits per heavy atom. The van der Waals surface area contributed by atoms with Gasteiger partial charge in [-0.05, 0) is 62.7 Å². The summed E-state index contributed by atoms with van der Waals surface area (Å²) < 4.78 is 28.4. The lowest BCUT2D eigenvalue weighted by Crippen LogP contribution is -2.35. The van der Waals surface area contributed by atoms with Crippen LogP contribution in [0.15, 0.2) is 55.0 Å². The Hall–Kier alpha value is -4.10. The summed E-state index contributed by atoms with van der Waals surface area (Å²) in [5.41, 5.74) is 3.06. The van der Waals surface area contributed by atoms with Crippen LogP contribution < -0.4 is 16.0 Å². The average Bonchev–Trinajstić information content (AvgIpc) is 3.33. The molecule has 184 valence electrons. The summed E-state index contributed by atoms with van der Waals surface area (Å²) in [5.74, 6) is 0.327. The van der Waals surface area contributed by atoms with Gasteiger partial charge in [0, 0.05) is 17.9 Å². The quantitative estimate of drug-likeness (QED) is 0.339. The van der Waals surface area contributed by atoms with Crippen LogP contribution in [0.3, 0.4) is 0 Å². The maximum absolute atomic E-state index is 13.4. The summed E-state index contributed by atoms with van der Waals surface area (Å²) in [6.45, 7) is 4.04. The van der Waals surface area contributed by atoms with Crippen molar-refractivity contribution in [2.24, 2.45) is 0 Å². The van der Waals surface area contributed by atoms with Gasteiger partial charge in [-0.1, -0.05) is 12.1 Å². The summed E-state index contributed by atoms with van der Waals surface area (Å²) in [5, 5.41) is 19.9. The highest BCUT2D eigenvalue weighted by molar-refractivity contribution is 5.68. The third-order valence-corrected chi connectivity index (χ3v) is 6.40. The second-order valence-corrected chi connectivity index (χ2v) is 8.83. The lowest BCUT2D eigenvalue weighted by molar-refractivity contribution is 0.152. The number of halogens is 2. The molecule has 1 atom stereocenters. The Kier molecular flexibility index (Phi) is 6.73. The number of hydrogen-bond donors (Lipinski definition) is 3. The van der Waals surface area contributed by atoms with Crippen molar-refractivity contribution in [2.75, 3.05) is 23.7 Å². The van der Waals surface area contributed by atoms with Gasteiger partial charge in [0.15, 0.2) is 0 Å². The molecule has 4 aromatic rings. The first-order valence-electron chi connectivity index (χ1n) is 11.9. The Labute approximate surface area is 207 Å². The van der Waals surface area contributed by atoms with Crippen molar-refractivity contribution in [3.63, 3.8) is 0 Å². The molecule has 0 radical (unpaired) electrons. The largest absolute Gasteiger partial charge is 0.382 e. The highest BCUT2D eigenvalue weighted by Gasteiger charge is 2.19. The molecule has 3 aromatic heterocycles. The number of imidazole rings is 1. The molecule has 36 heavy (non-hydrogen) atoms. The third-order valence-electron chi connectivity index (χ3n) is 6.40. The van der Waals surface area contributed by atoms with E-state index in [0.717, 1.165) is 37.2 Å². The number of nitrogens with one attached hydrogen (secondary N) is 3. The van der Waals surface area contributed by atoms with Crippen molar-refractivity contribution in [1.29, 1.82) is 5.26 Å². The second-order valence-electron chi connectivity index (χ2n) is 8.83. The van der Waals surface area contributed by atoms with Crippen LogP contribution >= 0.6 is 0 Å². The van der Waals surface area contributed by atoms with E-state index in [1.54, 1.807) is 6.20 Å². The van der Waals surface area contributed by atoms with Gasteiger partial charge in [-0.25, -0.2) is 23.7 Å². The number of alkyl halides is 2. The van der Waals surface area contributed by atoms with Gasteiger partial charge >= 0.3 is 0 Å². The molecule has 1 saturated heterocycles. The second kappa shape index (κ2) is 10.3. The number of benzene rings is 1. The fourth-order valence-electron chi connectivity index (χ4n) is 4.48. The predicted octanol–water partition coefficient (Wildman–Crippen LogP) is 4.94. The van der Waals surface area contributed by atoms with Crippen molar-refractivity contribution in [3.05, 3.63) is 71.7 Å². The number of piperidine rings is 1. The molecule has 1 fully saturated rings. The van der Waals surface area contributed by atoms with E-state index in [4.69, 9.17) is 0 Å². The van der Waals surface area contributed by atoms with E-state index in [1.807, 2.05) is 19.1 Å². The van der Waals surface area contributed by atoms with E-state index < -0.39 is 6.43 Å². The molecule has 1 aliphatic rings. The number of hydrogen-bond acceptors (Lipinski definition) is 7. The average molecular weight is 489 g/mol. The standard InChI is InChI=1S/C26H26F2N8/c1-16(17-4-2-5-20(12-17)34-19-7-9-30-10-8-19)33-26-32-14-18(13-29)23(35-26)22-15-31-25-21(24(27)28)6-3-11-36(22)25/h2-6,11-12,14-16,19,24,30,34H,7-10H2,1H3,(H,32,33,35)/t16-/m0/s1. The van der Waals surface area contributed by atoms with Crippen LogP contribution in [0.1, 0.15) is 48.9 Å². The minimum atomic E-state index is -2.66. The zero-order valence-corrected chi connectivity index (χ0v) is 19.7. The fourth-order valence-corrected chi connectivity index (χ4v) is 4.48. The highest BCUT2D eigenvalue weighted by atomic mass is 19.3. The Bertz CT molecular complexity index is 1400. The van der Waals surface area contributed by atoms with E-state index in [-0.39, 0.29) is 22.8 Å². The third kappa shape index (κ3) is 4.83. The van der Waals surface area contributed by atoms with Crippen LogP contribution in [0.2, 0.25) is 0 Å². The molecule has 0 aliphatic carbocycles.